The highest BCUT2D eigenvalue weighted by molar-refractivity contribution is 5.14. The minimum atomic E-state index is -0.749. The molecule has 1 fully saturated rings. The third-order valence-electron chi connectivity index (χ3n) is 2.39. The first-order valence-electron chi connectivity index (χ1n) is 4.90. The summed E-state index contributed by atoms with van der Waals surface area (Å²) in [5.41, 5.74) is 0. The van der Waals surface area contributed by atoms with Crippen LogP contribution < -0.4 is 10.1 Å². The van der Waals surface area contributed by atoms with E-state index in [2.05, 4.69) is 10.3 Å². The van der Waals surface area contributed by atoms with Crippen molar-refractivity contribution >= 4 is 0 Å². The Morgan fingerprint density at radius 1 is 1.53 bits per heavy atom. The highest BCUT2D eigenvalue weighted by Gasteiger charge is 2.16. The third kappa shape index (κ3) is 2.62. The van der Waals surface area contributed by atoms with Crippen LogP contribution in [-0.4, -0.2) is 24.7 Å². The van der Waals surface area contributed by atoms with Gasteiger partial charge in [0.1, 0.15) is 5.82 Å². The summed E-state index contributed by atoms with van der Waals surface area (Å²) < 4.78 is 30.8. The molecule has 0 saturated carbocycles. The molecular weight excluding hydrogens is 202 g/mol. The minimum Gasteiger partial charge on any atom is -0.475 e. The van der Waals surface area contributed by atoms with E-state index in [1.807, 2.05) is 0 Å². The van der Waals surface area contributed by atoms with Crippen molar-refractivity contribution in [1.29, 1.82) is 0 Å². The van der Waals surface area contributed by atoms with E-state index in [9.17, 15) is 8.78 Å². The van der Waals surface area contributed by atoms with Crippen LogP contribution in [0.15, 0.2) is 12.3 Å². The summed E-state index contributed by atoms with van der Waals surface area (Å²) in [4.78, 5) is 3.55. The van der Waals surface area contributed by atoms with Gasteiger partial charge in [0.15, 0.2) is 5.82 Å². The first-order chi connectivity index (χ1) is 7.25. The van der Waals surface area contributed by atoms with E-state index in [4.69, 9.17) is 4.74 Å². The molecule has 3 nitrogen and oxygen atoms in total. The van der Waals surface area contributed by atoms with Crippen molar-refractivity contribution in [3.05, 3.63) is 23.9 Å². The van der Waals surface area contributed by atoms with Crippen molar-refractivity contribution in [2.24, 2.45) is 5.92 Å². The maximum absolute atomic E-state index is 13.1. The number of ether oxygens (including phenoxy) is 1. The van der Waals surface area contributed by atoms with Crippen molar-refractivity contribution < 1.29 is 13.5 Å². The molecule has 5 heteroatoms. The molecule has 15 heavy (non-hydrogen) atoms. The summed E-state index contributed by atoms with van der Waals surface area (Å²) in [7, 11) is 0. The van der Waals surface area contributed by atoms with Crippen LogP contribution in [0.1, 0.15) is 6.42 Å². The standard InChI is InChI=1S/C10H12F2N2O/c11-8-3-9(12)10(14-5-8)15-6-7-1-2-13-4-7/h3,5,7,13H,1-2,4,6H2. The summed E-state index contributed by atoms with van der Waals surface area (Å²) >= 11 is 0. The van der Waals surface area contributed by atoms with Gasteiger partial charge in [0, 0.05) is 18.5 Å². The van der Waals surface area contributed by atoms with E-state index in [0.717, 1.165) is 31.8 Å². The SMILES string of the molecule is Fc1cnc(OCC2CCNC2)c(F)c1. The molecule has 1 aliphatic heterocycles. The normalized spacial score (nSPS) is 20.5. The molecule has 1 aliphatic rings. The Kier molecular flexibility index (Phi) is 3.11. The van der Waals surface area contributed by atoms with Crippen LogP contribution in [0.25, 0.3) is 0 Å². The predicted octanol–water partition coefficient (Wildman–Crippen LogP) is 1.35. The Hall–Kier alpha value is -1.23. The molecule has 0 aromatic carbocycles. The Labute approximate surface area is 86.5 Å². The smallest absolute Gasteiger partial charge is 0.250 e. The Morgan fingerprint density at radius 3 is 3.07 bits per heavy atom. The van der Waals surface area contributed by atoms with Gasteiger partial charge in [0.25, 0.3) is 5.88 Å². The predicted molar refractivity (Wildman–Crippen MR) is 50.6 cm³/mol. The van der Waals surface area contributed by atoms with Gasteiger partial charge >= 0.3 is 0 Å². The van der Waals surface area contributed by atoms with E-state index in [0.29, 0.717) is 12.5 Å². The molecule has 1 aromatic rings. The second-order valence-electron chi connectivity index (χ2n) is 3.61. The molecule has 0 amide bonds. The lowest BCUT2D eigenvalue weighted by molar-refractivity contribution is 0.238. The van der Waals surface area contributed by atoms with Crippen LogP contribution in [0.3, 0.4) is 0 Å². The summed E-state index contributed by atoms with van der Waals surface area (Å²) in [5.74, 6) is -1.18. The molecule has 1 N–H and O–H groups in total. The molecule has 1 unspecified atom stereocenters. The number of aromatic nitrogens is 1. The number of nitrogens with one attached hydrogen (secondary N) is 1. The average molecular weight is 214 g/mol. The zero-order valence-electron chi connectivity index (χ0n) is 8.17. The number of hydrogen-bond donors (Lipinski definition) is 1. The van der Waals surface area contributed by atoms with Gasteiger partial charge < -0.3 is 10.1 Å². The molecule has 1 atom stereocenters. The molecule has 1 saturated heterocycles. The maximum Gasteiger partial charge on any atom is 0.250 e. The van der Waals surface area contributed by atoms with Crippen molar-refractivity contribution in [3.8, 4) is 5.88 Å². The molecule has 0 bridgehead atoms. The summed E-state index contributed by atoms with van der Waals surface area (Å²) in [6.45, 7) is 2.26. The summed E-state index contributed by atoms with van der Waals surface area (Å²) in [6, 6.07) is 0.773. The van der Waals surface area contributed by atoms with Crippen LogP contribution in [0, 0.1) is 17.6 Å². The third-order valence-corrected chi connectivity index (χ3v) is 2.39. The number of hydrogen-bond acceptors (Lipinski definition) is 3. The van der Waals surface area contributed by atoms with E-state index in [1.165, 1.54) is 0 Å². The van der Waals surface area contributed by atoms with Crippen LogP contribution in [0.2, 0.25) is 0 Å². The number of nitrogens with zero attached hydrogens (tertiary/aromatic N) is 1. The first-order valence-corrected chi connectivity index (χ1v) is 4.90. The van der Waals surface area contributed by atoms with Crippen LogP contribution >= 0.6 is 0 Å². The fraction of sp³-hybridized carbons (Fsp3) is 0.500. The lowest BCUT2D eigenvalue weighted by Gasteiger charge is -2.10. The van der Waals surface area contributed by atoms with Crippen LogP contribution in [0.5, 0.6) is 5.88 Å². The monoisotopic (exact) mass is 214 g/mol. The van der Waals surface area contributed by atoms with Crippen molar-refractivity contribution in [2.45, 2.75) is 6.42 Å². The quantitative estimate of drug-likeness (QED) is 0.824. The molecule has 0 spiro atoms. The van der Waals surface area contributed by atoms with Gasteiger partial charge in [-0.1, -0.05) is 0 Å². The van der Waals surface area contributed by atoms with Gasteiger partial charge in [-0.05, 0) is 13.0 Å². The Morgan fingerprint density at radius 2 is 2.40 bits per heavy atom. The lowest BCUT2D eigenvalue weighted by atomic mass is 10.1. The van der Waals surface area contributed by atoms with Crippen LogP contribution in [-0.2, 0) is 0 Å². The van der Waals surface area contributed by atoms with Gasteiger partial charge in [-0.3, -0.25) is 0 Å². The summed E-state index contributed by atoms with van der Waals surface area (Å²) in [6.07, 6.45) is 1.97. The molecule has 1 aromatic heterocycles. The molecule has 0 radical (unpaired) electrons. The zero-order valence-corrected chi connectivity index (χ0v) is 8.17. The Bertz CT molecular complexity index is 340. The number of pyridine rings is 1. The fourth-order valence-electron chi connectivity index (χ4n) is 1.56. The molecule has 82 valence electrons. The van der Waals surface area contributed by atoms with Gasteiger partial charge in [0.05, 0.1) is 12.8 Å². The van der Waals surface area contributed by atoms with Crippen molar-refractivity contribution in [2.75, 3.05) is 19.7 Å². The van der Waals surface area contributed by atoms with Crippen LogP contribution in [0.4, 0.5) is 8.78 Å². The molecule has 2 heterocycles. The highest BCUT2D eigenvalue weighted by atomic mass is 19.1. The second kappa shape index (κ2) is 4.53. The lowest BCUT2D eigenvalue weighted by Crippen LogP contribution is -2.16. The van der Waals surface area contributed by atoms with Gasteiger partial charge in [-0.2, -0.15) is 0 Å². The summed E-state index contributed by atoms with van der Waals surface area (Å²) in [5, 5.41) is 3.18. The molecule has 2 rings (SSSR count). The maximum atomic E-state index is 13.1. The van der Waals surface area contributed by atoms with Crippen molar-refractivity contribution in [1.82, 2.24) is 10.3 Å². The average Bonchev–Trinajstić information content (AvgIpc) is 2.69. The van der Waals surface area contributed by atoms with Gasteiger partial charge in [-0.15, -0.1) is 0 Å². The van der Waals surface area contributed by atoms with Crippen molar-refractivity contribution in [3.63, 3.8) is 0 Å². The Balaban J connectivity index is 1.92. The molecule has 0 aliphatic carbocycles. The minimum absolute atomic E-state index is 0.122. The zero-order chi connectivity index (χ0) is 10.7. The molecular formula is C10H12F2N2O. The number of rotatable bonds is 3. The van der Waals surface area contributed by atoms with E-state index >= 15 is 0 Å². The number of halogens is 2. The fourth-order valence-corrected chi connectivity index (χ4v) is 1.56. The van der Waals surface area contributed by atoms with E-state index < -0.39 is 11.6 Å². The highest BCUT2D eigenvalue weighted by Crippen LogP contribution is 2.16. The first kappa shape index (κ1) is 10.3. The van der Waals surface area contributed by atoms with E-state index in [1.54, 1.807) is 0 Å². The largest absolute Gasteiger partial charge is 0.475 e. The topological polar surface area (TPSA) is 34.1 Å². The second-order valence-corrected chi connectivity index (χ2v) is 3.61. The van der Waals surface area contributed by atoms with Gasteiger partial charge in [-0.25, -0.2) is 13.8 Å². The van der Waals surface area contributed by atoms with Gasteiger partial charge in [0.2, 0.25) is 0 Å². The van der Waals surface area contributed by atoms with E-state index in [-0.39, 0.29) is 5.88 Å².